The van der Waals surface area contributed by atoms with Crippen LogP contribution in [0, 0.1) is 0 Å². The fraction of sp³-hybridized carbons (Fsp3) is 0.364. The van der Waals surface area contributed by atoms with Crippen molar-refractivity contribution in [1.29, 1.82) is 0 Å². The molecule has 1 heterocycles. The number of rotatable bonds is 5. The van der Waals surface area contributed by atoms with Crippen molar-refractivity contribution >= 4 is 21.5 Å². The van der Waals surface area contributed by atoms with E-state index >= 15 is 0 Å². The van der Waals surface area contributed by atoms with E-state index in [1.54, 1.807) is 0 Å². The highest BCUT2D eigenvalue weighted by Gasteiger charge is 2.15. The Morgan fingerprint density at radius 3 is 2.52 bits per heavy atom. The van der Waals surface area contributed by atoms with Crippen LogP contribution in [0.25, 0.3) is 21.5 Å². The van der Waals surface area contributed by atoms with Crippen molar-refractivity contribution in [2.75, 3.05) is 26.2 Å². The van der Waals surface area contributed by atoms with Gasteiger partial charge in [-0.05, 0) is 48.2 Å². The number of hydrogen-bond acceptors (Lipinski definition) is 3. The van der Waals surface area contributed by atoms with E-state index in [-0.39, 0.29) is 0 Å². The number of aliphatic hydroxyl groups is 1. The first-order valence-electron chi connectivity index (χ1n) is 9.25. The molecule has 1 aliphatic rings. The maximum Gasteiger partial charge on any atom is 0.127 e. The van der Waals surface area contributed by atoms with Gasteiger partial charge in [0, 0.05) is 11.9 Å². The molecule has 1 saturated heterocycles. The fourth-order valence-electron chi connectivity index (χ4n) is 3.82. The molecule has 0 aromatic heterocycles. The molecule has 1 aliphatic heterocycles. The summed E-state index contributed by atoms with van der Waals surface area (Å²) in [6.07, 6.45) is 3.33. The van der Waals surface area contributed by atoms with Crippen molar-refractivity contribution in [2.45, 2.75) is 25.4 Å². The topological polar surface area (TPSA) is 32.7 Å². The highest BCUT2D eigenvalue weighted by atomic mass is 16.5. The lowest BCUT2D eigenvalue weighted by molar-refractivity contribution is 0.0622. The maximum atomic E-state index is 10.4. The summed E-state index contributed by atoms with van der Waals surface area (Å²) in [7, 11) is 0. The lowest BCUT2D eigenvalue weighted by Gasteiger charge is -2.28. The van der Waals surface area contributed by atoms with Gasteiger partial charge in [0.05, 0.1) is 0 Å². The third-order valence-electron chi connectivity index (χ3n) is 5.08. The summed E-state index contributed by atoms with van der Waals surface area (Å²) in [6.45, 7) is 3.22. The van der Waals surface area contributed by atoms with Crippen LogP contribution in [0.4, 0.5) is 0 Å². The quantitative estimate of drug-likeness (QED) is 0.709. The van der Waals surface area contributed by atoms with Gasteiger partial charge in [0.25, 0.3) is 0 Å². The summed E-state index contributed by atoms with van der Waals surface area (Å²) in [4.78, 5) is 2.34. The average molecular weight is 335 g/mol. The zero-order valence-electron chi connectivity index (χ0n) is 14.5. The minimum absolute atomic E-state index is 0.332. The summed E-state index contributed by atoms with van der Waals surface area (Å²) in [6, 6.07) is 18.8. The molecule has 0 bridgehead atoms. The SMILES string of the molecule is OC(COc1cccc2ccc3ccccc3c12)CN1CCCCC1. The second-order valence-corrected chi connectivity index (χ2v) is 6.97. The number of fused-ring (bicyclic) bond motifs is 3. The van der Waals surface area contributed by atoms with E-state index in [4.69, 9.17) is 4.74 Å². The van der Waals surface area contributed by atoms with Gasteiger partial charge in [0.1, 0.15) is 18.5 Å². The van der Waals surface area contributed by atoms with Gasteiger partial charge in [-0.2, -0.15) is 0 Å². The molecule has 1 atom stereocenters. The van der Waals surface area contributed by atoms with Crippen LogP contribution in [0.1, 0.15) is 19.3 Å². The van der Waals surface area contributed by atoms with Gasteiger partial charge in [-0.1, -0.05) is 55.0 Å². The largest absolute Gasteiger partial charge is 0.490 e. The van der Waals surface area contributed by atoms with Crippen LogP contribution in [0.5, 0.6) is 5.75 Å². The second kappa shape index (κ2) is 7.42. The Bertz CT molecular complexity index is 855. The van der Waals surface area contributed by atoms with Gasteiger partial charge >= 0.3 is 0 Å². The Hall–Kier alpha value is -2.10. The molecule has 0 amide bonds. The molecule has 0 saturated carbocycles. The van der Waals surface area contributed by atoms with Gasteiger partial charge < -0.3 is 14.7 Å². The third kappa shape index (κ3) is 3.63. The van der Waals surface area contributed by atoms with Crippen LogP contribution in [-0.2, 0) is 0 Å². The number of piperidine rings is 1. The predicted molar refractivity (Wildman–Crippen MR) is 103 cm³/mol. The molecule has 1 fully saturated rings. The summed E-state index contributed by atoms with van der Waals surface area (Å²) >= 11 is 0. The first-order chi connectivity index (χ1) is 12.3. The molecule has 130 valence electrons. The van der Waals surface area contributed by atoms with E-state index in [2.05, 4.69) is 47.4 Å². The van der Waals surface area contributed by atoms with Crippen molar-refractivity contribution in [3.8, 4) is 5.75 Å². The van der Waals surface area contributed by atoms with Crippen LogP contribution in [0.2, 0.25) is 0 Å². The molecule has 3 aromatic rings. The van der Waals surface area contributed by atoms with E-state index in [0.29, 0.717) is 13.2 Å². The lowest BCUT2D eigenvalue weighted by Crippen LogP contribution is -2.38. The van der Waals surface area contributed by atoms with Gasteiger partial charge in [0.2, 0.25) is 0 Å². The van der Waals surface area contributed by atoms with Crippen molar-refractivity contribution in [3.05, 3.63) is 54.6 Å². The molecular weight excluding hydrogens is 310 g/mol. The Morgan fingerprint density at radius 1 is 0.880 bits per heavy atom. The van der Waals surface area contributed by atoms with E-state index in [0.717, 1.165) is 24.2 Å². The van der Waals surface area contributed by atoms with E-state index in [1.165, 1.54) is 35.4 Å². The van der Waals surface area contributed by atoms with Gasteiger partial charge in [-0.15, -0.1) is 0 Å². The first kappa shape index (κ1) is 16.4. The van der Waals surface area contributed by atoms with Crippen LogP contribution in [0.3, 0.4) is 0 Å². The number of β-amino-alcohol motifs (C(OH)–C–C–N with tert-alkyl or cyclic N) is 1. The van der Waals surface area contributed by atoms with Crippen LogP contribution in [0.15, 0.2) is 54.6 Å². The lowest BCUT2D eigenvalue weighted by atomic mass is 10.0. The Morgan fingerprint density at radius 2 is 1.64 bits per heavy atom. The van der Waals surface area contributed by atoms with Crippen molar-refractivity contribution in [3.63, 3.8) is 0 Å². The van der Waals surface area contributed by atoms with Gasteiger partial charge in [0.15, 0.2) is 0 Å². The molecule has 1 N–H and O–H groups in total. The summed E-state index contributed by atoms with van der Waals surface area (Å²) in [5.74, 6) is 0.854. The van der Waals surface area contributed by atoms with Crippen molar-refractivity contribution in [1.82, 2.24) is 4.90 Å². The summed E-state index contributed by atoms with van der Waals surface area (Å²) in [5, 5.41) is 15.1. The Labute approximate surface area is 148 Å². The standard InChI is InChI=1S/C22H25NO2/c24-19(15-23-13-4-1-5-14-23)16-25-21-10-6-8-18-12-11-17-7-2-3-9-20(17)22(18)21/h2-3,6-12,19,24H,1,4-5,13-16H2. The van der Waals surface area contributed by atoms with Crippen molar-refractivity contribution < 1.29 is 9.84 Å². The van der Waals surface area contributed by atoms with E-state index in [9.17, 15) is 5.11 Å². The third-order valence-corrected chi connectivity index (χ3v) is 5.08. The molecular formula is C22H25NO2. The van der Waals surface area contributed by atoms with Gasteiger partial charge in [-0.25, -0.2) is 0 Å². The highest BCUT2D eigenvalue weighted by molar-refractivity contribution is 6.10. The fourth-order valence-corrected chi connectivity index (χ4v) is 3.82. The highest BCUT2D eigenvalue weighted by Crippen LogP contribution is 2.32. The van der Waals surface area contributed by atoms with E-state index < -0.39 is 6.10 Å². The molecule has 0 aliphatic carbocycles. The van der Waals surface area contributed by atoms with E-state index in [1.807, 2.05) is 12.1 Å². The number of ether oxygens (including phenoxy) is 1. The Balaban J connectivity index is 1.53. The zero-order chi connectivity index (χ0) is 17.1. The van der Waals surface area contributed by atoms with Gasteiger partial charge in [-0.3, -0.25) is 0 Å². The first-order valence-corrected chi connectivity index (χ1v) is 9.25. The number of aliphatic hydroxyl groups excluding tert-OH is 1. The molecule has 3 heteroatoms. The van der Waals surface area contributed by atoms with Crippen LogP contribution >= 0.6 is 0 Å². The molecule has 0 radical (unpaired) electrons. The second-order valence-electron chi connectivity index (χ2n) is 6.97. The predicted octanol–water partition coefficient (Wildman–Crippen LogP) is 4.22. The van der Waals surface area contributed by atoms with Crippen LogP contribution in [-0.4, -0.2) is 42.4 Å². The number of hydrogen-bond donors (Lipinski definition) is 1. The molecule has 0 spiro atoms. The molecule has 4 rings (SSSR count). The number of benzene rings is 3. The molecule has 3 nitrogen and oxygen atoms in total. The minimum Gasteiger partial charge on any atom is -0.490 e. The minimum atomic E-state index is -0.455. The monoisotopic (exact) mass is 335 g/mol. The normalized spacial score (nSPS) is 17.0. The average Bonchev–Trinajstić information content (AvgIpc) is 2.67. The molecule has 3 aromatic carbocycles. The number of nitrogens with zero attached hydrogens (tertiary/aromatic N) is 1. The Kier molecular flexibility index (Phi) is 4.86. The molecule has 1 unspecified atom stereocenters. The molecule has 25 heavy (non-hydrogen) atoms. The van der Waals surface area contributed by atoms with Crippen molar-refractivity contribution in [2.24, 2.45) is 0 Å². The maximum absolute atomic E-state index is 10.4. The summed E-state index contributed by atoms with van der Waals surface area (Å²) < 4.78 is 6.05. The zero-order valence-corrected chi connectivity index (χ0v) is 14.5. The smallest absolute Gasteiger partial charge is 0.127 e. The number of likely N-dealkylation sites (tertiary alicyclic amines) is 1. The summed E-state index contributed by atoms with van der Waals surface area (Å²) in [5.41, 5.74) is 0. The van der Waals surface area contributed by atoms with Crippen LogP contribution < -0.4 is 4.74 Å².